The molecule has 1 unspecified atom stereocenters. The number of rotatable bonds is 3. The third-order valence-corrected chi connectivity index (χ3v) is 3.82. The highest BCUT2D eigenvalue weighted by Crippen LogP contribution is 2.41. The van der Waals surface area contributed by atoms with E-state index < -0.39 is 0 Å². The Hall–Kier alpha value is -1.02. The summed E-state index contributed by atoms with van der Waals surface area (Å²) in [6.45, 7) is 8.80. The molecule has 1 heterocycles. The molecule has 0 bridgehead atoms. The van der Waals surface area contributed by atoms with Gasteiger partial charge in [-0.2, -0.15) is 0 Å². The molecule has 100 valence electrons. The van der Waals surface area contributed by atoms with E-state index in [1.54, 1.807) is 0 Å². The molecule has 0 spiro atoms. The van der Waals surface area contributed by atoms with Crippen LogP contribution in [0.3, 0.4) is 0 Å². The highest BCUT2D eigenvalue weighted by Gasteiger charge is 2.35. The number of hydrogen-bond donors (Lipinski definition) is 1. The Morgan fingerprint density at radius 3 is 2.83 bits per heavy atom. The molecule has 0 radical (unpaired) electrons. The fourth-order valence-corrected chi connectivity index (χ4v) is 2.68. The van der Waals surface area contributed by atoms with Crippen molar-refractivity contribution in [2.24, 2.45) is 11.7 Å². The van der Waals surface area contributed by atoms with Crippen LogP contribution in [0.4, 0.5) is 0 Å². The third-order valence-electron chi connectivity index (χ3n) is 3.82. The monoisotopic (exact) mass is 247 g/mol. The molecule has 1 aliphatic rings. The summed E-state index contributed by atoms with van der Waals surface area (Å²) in [6, 6.07) is 6.42. The first-order valence-corrected chi connectivity index (χ1v) is 6.95. The average Bonchev–Trinajstić information content (AvgIpc) is 2.28. The van der Waals surface area contributed by atoms with Crippen molar-refractivity contribution in [2.45, 2.75) is 58.6 Å². The summed E-state index contributed by atoms with van der Waals surface area (Å²) in [7, 11) is 0. The Kier molecular flexibility index (Phi) is 3.67. The predicted octanol–water partition coefficient (Wildman–Crippen LogP) is 3.97. The summed E-state index contributed by atoms with van der Waals surface area (Å²) in [5.74, 6) is 1.69. The van der Waals surface area contributed by atoms with Crippen LogP contribution in [0.25, 0.3) is 0 Å². The van der Waals surface area contributed by atoms with E-state index in [0.717, 1.165) is 24.2 Å². The summed E-state index contributed by atoms with van der Waals surface area (Å²) in [5, 5.41) is 0. The maximum Gasteiger partial charge on any atom is 0.124 e. The lowest BCUT2D eigenvalue weighted by Gasteiger charge is -2.39. The second kappa shape index (κ2) is 4.93. The van der Waals surface area contributed by atoms with Crippen molar-refractivity contribution in [2.75, 3.05) is 0 Å². The molecular formula is C16H25NO. The highest BCUT2D eigenvalue weighted by atomic mass is 16.5. The molecule has 0 aromatic heterocycles. The zero-order valence-electron chi connectivity index (χ0n) is 12.0. The second-order valence-electron chi connectivity index (χ2n) is 6.34. The van der Waals surface area contributed by atoms with Crippen LogP contribution in [0.1, 0.15) is 57.2 Å². The minimum absolute atomic E-state index is 0.103. The first kappa shape index (κ1) is 13.4. The molecular weight excluding hydrogens is 222 g/mol. The number of hydrogen-bond acceptors (Lipinski definition) is 2. The Morgan fingerprint density at radius 2 is 2.17 bits per heavy atom. The van der Waals surface area contributed by atoms with Gasteiger partial charge in [0.15, 0.2) is 0 Å². The Morgan fingerprint density at radius 1 is 1.44 bits per heavy atom. The number of aryl methyl sites for hydroxylation is 1. The van der Waals surface area contributed by atoms with Gasteiger partial charge in [-0.1, -0.05) is 31.5 Å². The smallest absolute Gasteiger partial charge is 0.124 e. The van der Waals surface area contributed by atoms with Gasteiger partial charge in [0.1, 0.15) is 11.4 Å². The normalized spacial score (nSPS) is 26.9. The minimum atomic E-state index is -0.105. The van der Waals surface area contributed by atoms with E-state index in [9.17, 15) is 0 Å². The van der Waals surface area contributed by atoms with Crippen molar-refractivity contribution in [1.29, 1.82) is 0 Å². The van der Waals surface area contributed by atoms with Crippen LogP contribution in [0.5, 0.6) is 5.75 Å². The number of benzene rings is 1. The van der Waals surface area contributed by atoms with Gasteiger partial charge in [0.25, 0.3) is 0 Å². The van der Waals surface area contributed by atoms with Crippen LogP contribution in [-0.2, 0) is 0 Å². The number of fused-ring (bicyclic) bond motifs is 1. The van der Waals surface area contributed by atoms with Gasteiger partial charge in [-0.05, 0) is 38.7 Å². The molecule has 2 atom stereocenters. The Bertz CT molecular complexity index is 427. The van der Waals surface area contributed by atoms with E-state index in [4.69, 9.17) is 10.5 Å². The lowest BCUT2D eigenvalue weighted by Crippen LogP contribution is -2.40. The van der Waals surface area contributed by atoms with Gasteiger partial charge in [-0.25, -0.2) is 0 Å². The van der Waals surface area contributed by atoms with Crippen LogP contribution in [0, 0.1) is 12.8 Å². The fraction of sp³-hybridized carbons (Fsp3) is 0.625. The lowest BCUT2D eigenvalue weighted by molar-refractivity contribution is 0.0404. The van der Waals surface area contributed by atoms with E-state index in [0.29, 0.717) is 5.92 Å². The first-order chi connectivity index (χ1) is 8.39. The summed E-state index contributed by atoms with van der Waals surface area (Å²) in [5.41, 5.74) is 8.62. The van der Waals surface area contributed by atoms with Crippen LogP contribution >= 0.6 is 0 Å². The molecule has 2 nitrogen and oxygen atoms in total. The molecule has 0 saturated heterocycles. The summed E-state index contributed by atoms with van der Waals surface area (Å²) < 4.78 is 6.22. The van der Waals surface area contributed by atoms with Gasteiger partial charge in [0.2, 0.25) is 0 Å². The van der Waals surface area contributed by atoms with Crippen LogP contribution < -0.4 is 10.5 Å². The molecule has 0 saturated carbocycles. The lowest BCUT2D eigenvalue weighted by atomic mass is 9.84. The van der Waals surface area contributed by atoms with E-state index >= 15 is 0 Å². The zero-order valence-corrected chi connectivity index (χ0v) is 12.0. The van der Waals surface area contributed by atoms with Gasteiger partial charge in [-0.3, -0.25) is 0 Å². The number of ether oxygens (including phenoxy) is 1. The van der Waals surface area contributed by atoms with Gasteiger partial charge in [0, 0.05) is 18.0 Å². The molecule has 18 heavy (non-hydrogen) atoms. The van der Waals surface area contributed by atoms with Crippen molar-refractivity contribution >= 4 is 0 Å². The van der Waals surface area contributed by atoms with Crippen molar-refractivity contribution in [3.63, 3.8) is 0 Å². The SMILES string of the molecule is Cc1ccc2c(c1)[C@@H](N)CC(C)(CCC(C)C)O2. The zero-order chi connectivity index (χ0) is 13.3. The summed E-state index contributed by atoms with van der Waals surface area (Å²) in [6.07, 6.45) is 3.17. The first-order valence-electron chi connectivity index (χ1n) is 6.95. The molecule has 2 rings (SSSR count). The van der Waals surface area contributed by atoms with Crippen molar-refractivity contribution < 1.29 is 4.74 Å². The largest absolute Gasteiger partial charge is 0.487 e. The van der Waals surface area contributed by atoms with Crippen LogP contribution in [0.2, 0.25) is 0 Å². The fourth-order valence-electron chi connectivity index (χ4n) is 2.68. The molecule has 1 aromatic rings. The maximum absolute atomic E-state index is 6.32. The van der Waals surface area contributed by atoms with Gasteiger partial charge < -0.3 is 10.5 Å². The van der Waals surface area contributed by atoms with E-state index in [1.165, 1.54) is 12.0 Å². The second-order valence-corrected chi connectivity index (χ2v) is 6.34. The van der Waals surface area contributed by atoms with Gasteiger partial charge >= 0.3 is 0 Å². The molecule has 1 aromatic carbocycles. The quantitative estimate of drug-likeness (QED) is 0.877. The van der Waals surface area contributed by atoms with Gasteiger partial charge in [0.05, 0.1) is 0 Å². The summed E-state index contributed by atoms with van der Waals surface area (Å²) >= 11 is 0. The molecule has 2 heteroatoms. The average molecular weight is 247 g/mol. The Balaban J connectivity index is 2.19. The summed E-state index contributed by atoms with van der Waals surface area (Å²) in [4.78, 5) is 0. The molecule has 0 aliphatic carbocycles. The van der Waals surface area contributed by atoms with E-state index in [2.05, 4.69) is 45.9 Å². The molecule has 0 amide bonds. The highest BCUT2D eigenvalue weighted by molar-refractivity contribution is 5.41. The predicted molar refractivity (Wildman–Crippen MR) is 75.8 cm³/mol. The van der Waals surface area contributed by atoms with E-state index in [1.807, 2.05) is 0 Å². The third kappa shape index (κ3) is 2.86. The Labute approximate surface area is 111 Å². The van der Waals surface area contributed by atoms with Crippen LogP contribution in [-0.4, -0.2) is 5.60 Å². The molecule has 1 aliphatic heterocycles. The van der Waals surface area contributed by atoms with Crippen LogP contribution in [0.15, 0.2) is 18.2 Å². The van der Waals surface area contributed by atoms with Crippen molar-refractivity contribution in [1.82, 2.24) is 0 Å². The number of nitrogens with two attached hydrogens (primary N) is 1. The topological polar surface area (TPSA) is 35.2 Å². The maximum atomic E-state index is 6.32. The minimum Gasteiger partial charge on any atom is -0.487 e. The van der Waals surface area contributed by atoms with Gasteiger partial charge in [-0.15, -0.1) is 0 Å². The van der Waals surface area contributed by atoms with Crippen molar-refractivity contribution in [3.8, 4) is 5.75 Å². The molecule has 0 fully saturated rings. The molecule has 2 N–H and O–H groups in total. The van der Waals surface area contributed by atoms with Crippen molar-refractivity contribution in [3.05, 3.63) is 29.3 Å². The standard InChI is InChI=1S/C16H25NO/c1-11(2)7-8-16(4)10-14(17)13-9-12(3)5-6-15(13)18-16/h5-6,9,11,14H,7-8,10,17H2,1-4H3/t14-,16?/m0/s1. The van der Waals surface area contributed by atoms with E-state index in [-0.39, 0.29) is 11.6 Å².